The Kier molecular flexibility index (Phi) is 6.18. The molecule has 6 heteroatoms. The van der Waals surface area contributed by atoms with Crippen LogP contribution in [0.3, 0.4) is 0 Å². The van der Waals surface area contributed by atoms with E-state index in [-0.39, 0.29) is 18.2 Å². The summed E-state index contributed by atoms with van der Waals surface area (Å²) in [6.45, 7) is 7.02. The number of fused-ring (bicyclic) bond motifs is 3. The molecule has 6 rings (SSSR count). The predicted molar refractivity (Wildman–Crippen MR) is 148 cm³/mol. The number of benzene rings is 2. The maximum absolute atomic E-state index is 13.2. The number of piperidine rings is 1. The minimum absolute atomic E-state index is 0.0416. The topological polar surface area (TPSA) is 83.9 Å². The Morgan fingerprint density at radius 1 is 1.03 bits per heavy atom. The van der Waals surface area contributed by atoms with Crippen molar-refractivity contribution in [3.63, 3.8) is 0 Å². The second kappa shape index (κ2) is 9.42. The van der Waals surface area contributed by atoms with Gasteiger partial charge in [0.2, 0.25) is 5.91 Å². The van der Waals surface area contributed by atoms with Crippen molar-refractivity contribution in [1.82, 2.24) is 4.90 Å². The third-order valence-corrected chi connectivity index (χ3v) is 9.07. The molecule has 38 heavy (non-hydrogen) atoms. The fourth-order valence-corrected chi connectivity index (χ4v) is 6.81. The molecule has 6 nitrogen and oxygen atoms in total. The summed E-state index contributed by atoms with van der Waals surface area (Å²) in [5.74, 6) is 1.02. The lowest BCUT2D eigenvalue weighted by atomic mass is 9.71. The van der Waals surface area contributed by atoms with E-state index in [1.54, 1.807) is 0 Å². The molecule has 0 spiro atoms. The van der Waals surface area contributed by atoms with Gasteiger partial charge in [-0.15, -0.1) is 0 Å². The third kappa shape index (κ3) is 4.06. The van der Waals surface area contributed by atoms with E-state index in [0.29, 0.717) is 37.1 Å². The number of amides is 1. The van der Waals surface area contributed by atoms with Gasteiger partial charge in [-0.3, -0.25) is 4.79 Å². The smallest absolute Gasteiger partial charge is 0.339 e. The lowest BCUT2D eigenvalue weighted by Crippen LogP contribution is -2.54. The average Bonchev–Trinajstić information content (AvgIpc) is 3.25. The van der Waals surface area contributed by atoms with Crippen molar-refractivity contribution in [2.75, 3.05) is 13.1 Å². The third-order valence-electron chi connectivity index (χ3n) is 9.07. The molecule has 2 aromatic heterocycles. The van der Waals surface area contributed by atoms with Gasteiger partial charge in [0.15, 0.2) is 0 Å². The van der Waals surface area contributed by atoms with E-state index in [9.17, 15) is 14.7 Å². The molecule has 2 atom stereocenters. The number of carbonyl (C=O) groups excluding carboxylic acids is 1. The molecule has 2 unspecified atom stereocenters. The monoisotopic (exact) mass is 513 g/mol. The molecule has 1 saturated carbocycles. The summed E-state index contributed by atoms with van der Waals surface area (Å²) in [5.41, 5.74) is 4.59. The van der Waals surface area contributed by atoms with Gasteiger partial charge in [0, 0.05) is 52.9 Å². The molecule has 0 radical (unpaired) electrons. The first kappa shape index (κ1) is 24.9. The fourth-order valence-electron chi connectivity index (χ4n) is 6.81. The van der Waals surface area contributed by atoms with E-state index < -0.39 is 11.2 Å². The second-order valence-corrected chi connectivity index (χ2v) is 11.3. The number of carbonyl (C=O) groups is 1. The zero-order valence-electron chi connectivity index (χ0n) is 22.4. The summed E-state index contributed by atoms with van der Waals surface area (Å²) in [6, 6.07) is 12.2. The fraction of sp³-hybridized carbons (Fsp3) is 0.438. The minimum atomic E-state index is -0.613. The van der Waals surface area contributed by atoms with Crippen LogP contribution < -0.4 is 5.63 Å². The molecular weight excluding hydrogens is 478 g/mol. The normalized spacial score (nSPS) is 21.7. The highest BCUT2D eigenvalue weighted by molar-refractivity contribution is 6.05. The molecule has 2 fully saturated rings. The number of rotatable bonds is 4. The Morgan fingerprint density at radius 3 is 2.58 bits per heavy atom. The van der Waals surface area contributed by atoms with Gasteiger partial charge in [-0.05, 0) is 63.6 Å². The molecule has 2 aliphatic rings. The van der Waals surface area contributed by atoms with Crippen molar-refractivity contribution in [3.8, 4) is 11.1 Å². The van der Waals surface area contributed by atoms with E-state index in [1.165, 1.54) is 0 Å². The van der Waals surface area contributed by atoms with Gasteiger partial charge in [-0.25, -0.2) is 4.79 Å². The summed E-state index contributed by atoms with van der Waals surface area (Å²) in [5, 5.41) is 12.8. The van der Waals surface area contributed by atoms with E-state index in [0.717, 1.165) is 70.1 Å². The number of likely N-dealkylation sites (tertiary alicyclic amines) is 1. The van der Waals surface area contributed by atoms with Crippen molar-refractivity contribution >= 4 is 27.8 Å². The van der Waals surface area contributed by atoms with Gasteiger partial charge < -0.3 is 18.8 Å². The summed E-state index contributed by atoms with van der Waals surface area (Å²) >= 11 is 0. The van der Waals surface area contributed by atoms with Gasteiger partial charge in [0.1, 0.15) is 16.9 Å². The molecule has 1 amide bonds. The van der Waals surface area contributed by atoms with Crippen LogP contribution in [0.15, 0.2) is 50.0 Å². The van der Waals surface area contributed by atoms with Gasteiger partial charge in [0.05, 0.1) is 5.60 Å². The first-order valence-corrected chi connectivity index (χ1v) is 13.8. The van der Waals surface area contributed by atoms with Crippen molar-refractivity contribution in [2.24, 2.45) is 5.92 Å². The van der Waals surface area contributed by atoms with Crippen LogP contribution in [0.2, 0.25) is 0 Å². The predicted octanol–water partition coefficient (Wildman–Crippen LogP) is 6.22. The van der Waals surface area contributed by atoms with Gasteiger partial charge >= 0.3 is 5.63 Å². The van der Waals surface area contributed by atoms with Crippen molar-refractivity contribution in [1.29, 1.82) is 0 Å². The number of furan rings is 1. The SMILES string of the molecule is Cc1oc2c(C)c3oc(=O)c(CCC(=O)N4CCC5(O)CCCCC5C4)c(C)c3cc2c1-c1ccccc1. The Morgan fingerprint density at radius 2 is 1.79 bits per heavy atom. The highest BCUT2D eigenvalue weighted by Gasteiger charge is 2.43. The largest absolute Gasteiger partial charge is 0.460 e. The Balaban J connectivity index is 1.31. The molecular formula is C32H35NO5. The molecule has 1 aliphatic carbocycles. The minimum Gasteiger partial charge on any atom is -0.460 e. The number of nitrogens with zero attached hydrogens (tertiary/aromatic N) is 1. The molecule has 1 N–H and O–H groups in total. The van der Waals surface area contributed by atoms with Crippen LogP contribution in [-0.4, -0.2) is 34.6 Å². The summed E-state index contributed by atoms with van der Waals surface area (Å²) in [7, 11) is 0. The maximum Gasteiger partial charge on any atom is 0.339 e. The van der Waals surface area contributed by atoms with Crippen LogP contribution >= 0.6 is 0 Å². The molecule has 198 valence electrons. The first-order chi connectivity index (χ1) is 18.3. The lowest BCUT2D eigenvalue weighted by molar-refractivity contribution is -0.143. The van der Waals surface area contributed by atoms with Gasteiger partial charge in [0.25, 0.3) is 0 Å². The second-order valence-electron chi connectivity index (χ2n) is 11.3. The van der Waals surface area contributed by atoms with Crippen LogP contribution in [0.4, 0.5) is 0 Å². The lowest BCUT2D eigenvalue weighted by Gasteiger charge is -2.47. The Labute approximate surface area is 222 Å². The van der Waals surface area contributed by atoms with E-state index >= 15 is 0 Å². The van der Waals surface area contributed by atoms with Crippen LogP contribution in [0.5, 0.6) is 0 Å². The zero-order chi connectivity index (χ0) is 26.6. The quantitative estimate of drug-likeness (QED) is 0.328. The first-order valence-electron chi connectivity index (χ1n) is 13.8. The van der Waals surface area contributed by atoms with E-state index in [2.05, 4.69) is 18.2 Å². The number of aliphatic hydroxyl groups is 1. The molecule has 2 aromatic carbocycles. The molecule has 4 aromatic rings. The molecule has 0 bridgehead atoms. The van der Waals surface area contributed by atoms with Crippen LogP contribution in [-0.2, 0) is 11.2 Å². The highest BCUT2D eigenvalue weighted by Crippen LogP contribution is 2.41. The summed E-state index contributed by atoms with van der Waals surface area (Å²) in [4.78, 5) is 28.2. The number of aryl methyl sites for hydroxylation is 3. The Bertz CT molecular complexity index is 1600. The van der Waals surface area contributed by atoms with Crippen LogP contribution in [0.1, 0.15) is 61.0 Å². The summed E-state index contributed by atoms with van der Waals surface area (Å²) in [6.07, 6.45) is 5.22. The van der Waals surface area contributed by atoms with Gasteiger partial charge in [-0.2, -0.15) is 0 Å². The molecule has 3 heterocycles. The maximum atomic E-state index is 13.2. The standard InChI is InChI=1S/C32H35NO5/c1-19-24(12-13-27(34)33-16-15-32(36)14-8-7-11-23(32)18-33)31(35)38-29-20(2)30-26(17-25(19)29)28(21(3)37-30)22-9-5-4-6-10-22/h4-6,9-10,17,23,36H,7-8,11-16,18H2,1-3H3. The molecule has 1 aliphatic heterocycles. The van der Waals surface area contributed by atoms with Crippen molar-refractivity contribution < 1.29 is 18.7 Å². The van der Waals surface area contributed by atoms with Crippen LogP contribution in [0.25, 0.3) is 33.1 Å². The van der Waals surface area contributed by atoms with Gasteiger partial charge in [-0.1, -0.05) is 43.2 Å². The molecule has 1 saturated heterocycles. The highest BCUT2D eigenvalue weighted by atomic mass is 16.4. The van der Waals surface area contributed by atoms with Crippen LogP contribution in [0, 0.1) is 26.7 Å². The summed E-state index contributed by atoms with van der Waals surface area (Å²) < 4.78 is 12.0. The van der Waals surface area contributed by atoms with Crippen molar-refractivity contribution in [3.05, 3.63) is 69.3 Å². The number of hydrogen-bond donors (Lipinski definition) is 1. The Hall–Kier alpha value is -3.38. The van der Waals surface area contributed by atoms with Crippen molar-refractivity contribution in [2.45, 2.75) is 71.3 Å². The van der Waals surface area contributed by atoms with E-state index in [1.807, 2.05) is 43.9 Å². The zero-order valence-corrected chi connectivity index (χ0v) is 22.4. The average molecular weight is 514 g/mol. The number of hydrogen-bond acceptors (Lipinski definition) is 5. The van der Waals surface area contributed by atoms with E-state index in [4.69, 9.17) is 8.83 Å².